The number of nitrogens with two attached hydrogens (primary N) is 1. The highest BCUT2D eigenvalue weighted by atomic mass is 32.1. The normalized spacial score (nSPS) is 20.7. The van der Waals surface area contributed by atoms with E-state index in [4.69, 9.17) is 5.73 Å². The molecule has 1 nitrogen and oxygen atoms in total. The Bertz CT molecular complexity index is 662. The van der Waals surface area contributed by atoms with Gasteiger partial charge in [0, 0.05) is 4.88 Å². The van der Waals surface area contributed by atoms with E-state index in [9.17, 15) is 0 Å². The van der Waals surface area contributed by atoms with Crippen molar-refractivity contribution in [1.82, 2.24) is 0 Å². The van der Waals surface area contributed by atoms with Crippen molar-refractivity contribution in [3.8, 4) is 21.6 Å². The predicted molar refractivity (Wildman–Crippen MR) is 75.6 cm³/mol. The molecule has 2 aromatic rings. The largest absolute Gasteiger partial charge is 0.318 e. The summed E-state index contributed by atoms with van der Waals surface area (Å²) in [6.07, 6.45) is 0. The van der Waals surface area contributed by atoms with Gasteiger partial charge in [-0.25, -0.2) is 0 Å². The molecule has 0 fully saturated rings. The van der Waals surface area contributed by atoms with Gasteiger partial charge in [-0.05, 0) is 44.0 Å². The zero-order valence-corrected chi connectivity index (χ0v) is 11.7. The van der Waals surface area contributed by atoms with Crippen LogP contribution in [0.4, 0.5) is 0 Å². The monoisotopic (exact) mass is 259 g/mol. The molecule has 2 aromatic heterocycles. The van der Waals surface area contributed by atoms with Gasteiger partial charge in [-0.2, -0.15) is 0 Å². The van der Waals surface area contributed by atoms with Crippen LogP contribution < -0.4 is 5.73 Å². The van der Waals surface area contributed by atoms with Gasteiger partial charge >= 0.3 is 0 Å². The van der Waals surface area contributed by atoms with Crippen LogP contribution in [0.5, 0.6) is 0 Å². The summed E-state index contributed by atoms with van der Waals surface area (Å²) in [5.74, 6) is 6.08. The van der Waals surface area contributed by atoms with Gasteiger partial charge in [-0.1, -0.05) is 5.92 Å². The molecule has 2 N–H and O–H groups in total. The molecule has 2 heterocycles. The van der Waals surface area contributed by atoms with Crippen molar-refractivity contribution in [3.63, 3.8) is 0 Å². The molecule has 0 saturated carbocycles. The minimum absolute atomic E-state index is 0.348. The summed E-state index contributed by atoms with van der Waals surface area (Å²) >= 11 is 3.60. The first-order chi connectivity index (χ1) is 8.04. The summed E-state index contributed by atoms with van der Waals surface area (Å²) < 4.78 is 0. The Morgan fingerprint density at radius 2 is 1.82 bits per heavy atom. The van der Waals surface area contributed by atoms with Crippen LogP contribution in [0.15, 0.2) is 12.1 Å². The zero-order valence-electron chi connectivity index (χ0n) is 10.0. The molecule has 0 radical (unpaired) electrons. The summed E-state index contributed by atoms with van der Waals surface area (Å²) in [7, 11) is 0. The first kappa shape index (κ1) is 11.0. The zero-order chi connectivity index (χ0) is 12.2. The lowest BCUT2D eigenvalue weighted by atomic mass is 9.93. The highest BCUT2D eigenvalue weighted by molar-refractivity contribution is 7.23. The first-order valence-corrected chi connectivity index (χ1v) is 7.14. The fourth-order valence-corrected chi connectivity index (χ4v) is 4.81. The van der Waals surface area contributed by atoms with E-state index < -0.39 is 0 Å². The predicted octanol–water partition coefficient (Wildman–Crippen LogP) is 3.69. The lowest BCUT2D eigenvalue weighted by Gasteiger charge is -2.18. The minimum atomic E-state index is -0.348. The van der Waals surface area contributed by atoms with Crippen molar-refractivity contribution in [1.29, 1.82) is 0 Å². The van der Waals surface area contributed by atoms with Gasteiger partial charge in [0.2, 0.25) is 0 Å². The van der Waals surface area contributed by atoms with Crippen LogP contribution in [-0.2, 0) is 5.54 Å². The fraction of sp³-hybridized carbons (Fsp3) is 0.286. The maximum atomic E-state index is 6.49. The summed E-state index contributed by atoms with van der Waals surface area (Å²) in [4.78, 5) is 5.11. The van der Waals surface area contributed by atoms with E-state index in [0.29, 0.717) is 0 Å². The summed E-state index contributed by atoms with van der Waals surface area (Å²) in [6, 6.07) is 4.37. The van der Waals surface area contributed by atoms with Gasteiger partial charge in [-0.3, -0.25) is 0 Å². The smallest absolute Gasteiger partial charge is 0.0778 e. The third-order valence-corrected chi connectivity index (χ3v) is 5.43. The van der Waals surface area contributed by atoms with Crippen LogP contribution in [0.1, 0.15) is 34.7 Å². The standard InChI is InChI=1S/C14H13NS2/c1-4-5-9-7-11-13(17-9)12-10(14(11,3)15)6-8(2)16-12/h6-7H,15H2,1-3H3. The van der Waals surface area contributed by atoms with Gasteiger partial charge < -0.3 is 5.73 Å². The molecule has 3 heteroatoms. The van der Waals surface area contributed by atoms with Gasteiger partial charge in [0.15, 0.2) is 0 Å². The molecule has 0 bridgehead atoms. The summed E-state index contributed by atoms with van der Waals surface area (Å²) in [5, 5.41) is 0. The van der Waals surface area contributed by atoms with Crippen molar-refractivity contribution >= 4 is 22.7 Å². The second-order valence-corrected chi connectivity index (χ2v) is 6.84. The lowest BCUT2D eigenvalue weighted by molar-refractivity contribution is 0.623. The van der Waals surface area contributed by atoms with Gasteiger partial charge in [0.1, 0.15) is 0 Å². The molecular formula is C14H13NS2. The minimum Gasteiger partial charge on any atom is -0.318 e. The highest BCUT2D eigenvalue weighted by Gasteiger charge is 2.39. The molecule has 3 rings (SSSR count). The topological polar surface area (TPSA) is 26.0 Å². The Labute approximate surface area is 109 Å². The number of hydrogen-bond acceptors (Lipinski definition) is 3. The van der Waals surface area contributed by atoms with Crippen molar-refractivity contribution in [2.45, 2.75) is 26.3 Å². The summed E-state index contributed by atoms with van der Waals surface area (Å²) in [6.45, 7) is 6.10. The Balaban J connectivity index is 2.29. The van der Waals surface area contributed by atoms with Crippen LogP contribution in [-0.4, -0.2) is 0 Å². The van der Waals surface area contributed by atoms with E-state index in [0.717, 1.165) is 4.88 Å². The molecule has 1 atom stereocenters. The average Bonchev–Trinajstić information content (AvgIpc) is 2.85. The van der Waals surface area contributed by atoms with Gasteiger partial charge in [-0.15, -0.1) is 28.6 Å². The van der Waals surface area contributed by atoms with Crippen LogP contribution in [0.25, 0.3) is 9.75 Å². The molecule has 0 aliphatic heterocycles. The molecule has 1 aliphatic carbocycles. The Morgan fingerprint density at radius 1 is 1.18 bits per heavy atom. The third kappa shape index (κ3) is 1.42. The summed E-state index contributed by atoms with van der Waals surface area (Å²) in [5.41, 5.74) is 8.65. The van der Waals surface area contributed by atoms with Crippen molar-refractivity contribution < 1.29 is 0 Å². The molecule has 0 amide bonds. The SMILES string of the molecule is CC#Cc1cc2c(s1)-c1sc(C)cc1C2(C)N. The van der Waals surface area contributed by atoms with E-state index in [2.05, 4.69) is 37.8 Å². The Kier molecular flexibility index (Phi) is 2.24. The van der Waals surface area contributed by atoms with E-state index in [1.165, 1.54) is 25.8 Å². The maximum Gasteiger partial charge on any atom is 0.0778 e. The van der Waals surface area contributed by atoms with E-state index in [-0.39, 0.29) is 5.54 Å². The molecule has 17 heavy (non-hydrogen) atoms. The average molecular weight is 259 g/mol. The number of rotatable bonds is 0. The fourth-order valence-electron chi connectivity index (χ4n) is 2.34. The van der Waals surface area contributed by atoms with Gasteiger partial charge in [0.25, 0.3) is 0 Å². The lowest BCUT2D eigenvalue weighted by Crippen LogP contribution is -2.31. The van der Waals surface area contributed by atoms with E-state index >= 15 is 0 Å². The molecular weight excluding hydrogens is 246 g/mol. The van der Waals surface area contributed by atoms with Gasteiger partial charge in [0.05, 0.1) is 20.2 Å². The highest BCUT2D eigenvalue weighted by Crippen LogP contribution is 2.53. The first-order valence-electron chi connectivity index (χ1n) is 5.51. The molecule has 86 valence electrons. The van der Waals surface area contributed by atoms with E-state index in [1.807, 2.05) is 18.3 Å². The third-order valence-electron chi connectivity index (χ3n) is 3.16. The van der Waals surface area contributed by atoms with Crippen LogP contribution in [0, 0.1) is 18.8 Å². The molecule has 0 saturated heterocycles. The second-order valence-electron chi connectivity index (χ2n) is 4.53. The maximum absolute atomic E-state index is 6.49. The molecule has 0 aromatic carbocycles. The number of fused-ring (bicyclic) bond motifs is 3. The van der Waals surface area contributed by atoms with Crippen LogP contribution in [0.2, 0.25) is 0 Å². The quantitative estimate of drug-likeness (QED) is 0.717. The molecule has 0 spiro atoms. The number of thiophene rings is 2. The van der Waals surface area contributed by atoms with Crippen molar-refractivity contribution in [3.05, 3.63) is 33.0 Å². The molecule has 1 unspecified atom stereocenters. The van der Waals surface area contributed by atoms with Crippen LogP contribution >= 0.6 is 22.7 Å². The van der Waals surface area contributed by atoms with Crippen molar-refractivity contribution in [2.24, 2.45) is 5.73 Å². The second kappa shape index (κ2) is 3.46. The Hall–Kier alpha value is -1.08. The van der Waals surface area contributed by atoms with Crippen LogP contribution in [0.3, 0.4) is 0 Å². The molecule has 1 aliphatic rings. The number of hydrogen-bond donors (Lipinski definition) is 1. The van der Waals surface area contributed by atoms with Crippen molar-refractivity contribution in [2.75, 3.05) is 0 Å². The number of aryl methyl sites for hydroxylation is 1. The Morgan fingerprint density at radius 3 is 2.53 bits per heavy atom. The van der Waals surface area contributed by atoms with E-state index in [1.54, 1.807) is 11.3 Å².